The third-order valence-electron chi connectivity index (χ3n) is 6.43. The smallest absolute Gasteiger partial charge is 0.336 e. The molecule has 0 aromatic heterocycles. The van der Waals surface area contributed by atoms with Crippen LogP contribution in [0.4, 0.5) is 0 Å². The first-order chi connectivity index (χ1) is 14.9. The Balaban J connectivity index is 1.66. The zero-order chi connectivity index (χ0) is 23.8. The Bertz CT molecular complexity index is 708. The Kier molecular flexibility index (Phi) is 7.96. The number of hydrogen-bond donors (Lipinski definition) is 6. The van der Waals surface area contributed by atoms with Crippen LogP contribution in [0.3, 0.4) is 0 Å². The first kappa shape index (κ1) is 25.5. The monoisotopic (exact) mass is 462 g/mol. The number of hydrogen-bond acceptors (Lipinski definition) is 11. The average molecular weight is 462 g/mol. The van der Waals surface area contributed by atoms with E-state index in [-0.39, 0.29) is 6.61 Å². The Morgan fingerprint density at radius 3 is 2.31 bits per heavy atom. The van der Waals surface area contributed by atoms with Crippen LogP contribution in [0, 0.1) is 5.41 Å². The molecule has 2 aliphatic heterocycles. The van der Waals surface area contributed by atoms with E-state index < -0.39 is 73.3 Å². The molecule has 184 valence electrons. The van der Waals surface area contributed by atoms with Crippen molar-refractivity contribution in [2.45, 2.75) is 95.3 Å². The first-order valence-corrected chi connectivity index (χ1v) is 10.8. The number of ether oxygens (including phenoxy) is 4. The van der Waals surface area contributed by atoms with Gasteiger partial charge in [0, 0.05) is 5.57 Å². The first-order valence-electron chi connectivity index (χ1n) is 10.8. The van der Waals surface area contributed by atoms with Crippen molar-refractivity contribution >= 4 is 5.97 Å². The maximum Gasteiger partial charge on any atom is 0.336 e. The van der Waals surface area contributed by atoms with Crippen LogP contribution in [-0.2, 0) is 23.7 Å². The molecule has 3 rings (SSSR count). The van der Waals surface area contributed by atoms with Gasteiger partial charge >= 0.3 is 5.97 Å². The number of esters is 1. The van der Waals surface area contributed by atoms with Gasteiger partial charge in [0.25, 0.3) is 0 Å². The van der Waals surface area contributed by atoms with Crippen molar-refractivity contribution in [2.75, 3.05) is 13.2 Å². The van der Waals surface area contributed by atoms with E-state index in [2.05, 4.69) is 0 Å². The van der Waals surface area contributed by atoms with E-state index in [1.165, 1.54) is 0 Å². The third-order valence-corrected chi connectivity index (χ3v) is 6.43. The number of aliphatic hydroxyl groups excluding tert-OH is 6. The van der Waals surface area contributed by atoms with Gasteiger partial charge in [-0.2, -0.15) is 0 Å². The molecular formula is C21H34O11. The summed E-state index contributed by atoms with van der Waals surface area (Å²) in [6.07, 6.45) is -10.9. The number of carbonyl (C=O) groups is 1. The van der Waals surface area contributed by atoms with Crippen molar-refractivity contribution in [1.82, 2.24) is 0 Å². The molecule has 0 unspecified atom stereocenters. The summed E-state index contributed by atoms with van der Waals surface area (Å²) >= 11 is 0. The molecule has 0 aromatic rings. The Morgan fingerprint density at radius 1 is 1.00 bits per heavy atom. The molecule has 2 saturated heterocycles. The molecule has 0 aromatic carbocycles. The molecule has 6 N–H and O–H groups in total. The highest BCUT2D eigenvalue weighted by Crippen LogP contribution is 2.41. The van der Waals surface area contributed by atoms with Crippen LogP contribution in [0.5, 0.6) is 0 Å². The minimum atomic E-state index is -1.69. The van der Waals surface area contributed by atoms with Crippen LogP contribution in [0.15, 0.2) is 11.1 Å². The molecule has 32 heavy (non-hydrogen) atoms. The lowest BCUT2D eigenvalue weighted by Crippen LogP contribution is -2.60. The normalized spacial score (nSPS) is 42.6. The van der Waals surface area contributed by atoms with Crippen LogP contribution in [0.25, 0.3) is 0 Å². The van der Waals surface area contributed by atoms with Gasteiger partial charge in [-0.1, -0.05) is 19.4 Å². The van der Waals surface area contributed by atoms with E-state index in [4.69, 9.17) is 18.9 Å². The van der Waals surface area contributed by atoms with Crippen molar-refractivity contribution in [3.05, 3.63) is 11.1 Å². The molecule has 0 amide bonds. The van der Waals surface area contributed by atoms with Crippen LogP contribution in [-0.4, -0.2) is 105 Å². The Labute approximate surface area is 186 Å². The minimum Gasteiger partial charge on any atom is -0.429 e. The van der Waals surface area contributed by atoms with Gasteiger partial charge in [-0.3, -0.25) is 0 Å². The molecule has 9 atom stereocenters. The zero-order valence-corrected chi connectivity index (χ0v) is 18.5. The second-order valence-electron chi connectivity index (χ2n) is 9.40. The molecule has 1 aliphatic carbocycles. The van der Waals surface area contributed by atoms with Crippen molar-refractivity contribution < 1.29 is 54.4 Å². The van der Waals surface area contributed by atoms with E-state index in [1.807, 2.05) is 20.8 Å². The van der Waals surface area contributed by atoms with Gasteiger partial charge in [0.05, 0.1) is 13.2 Å². The van der Waals surface area contributed by atoms with Gasteiger partial charge in [0.15, 0.2) is 6.29 Å². The van der Waals surface area contributed by atoms with Crippen molar-refractivity contribution in [3.63, 3.8) is 0 Å². The van der Waals surface area contributed by atoms with Gasteiger partial charge in [0.1, 0.15) is 42.7 Å². The van der Waals surface area contributed by atoms with E-state index in [0.29, 0.717) is 5.57 Å². The summed E-state index contributed by atoms with van der Waals surface area (Å²) < 4.78 is 21.4. The van der Waals surface area contributed by atoms with Crippen LogP contribution in [0.2, 0.25) is 0 Å². The van der Waals surface area contributed by atoms with Gasteiger partial charge in [-0.25, -0.2) is 4.79 Å². The van der Waals surface area contributed by atoms with Gasteiger partial charge in [-0.05, 0) is 31.6 Å². The maximum absolute atomic E-state index is 12.9. The predicted octanol–water partition coefficient (Wildman–Crippen LogP) is -1.68. The summed E-state index contributed by atoms with van der Waals surface area (Å²) in [7, 11) is 0. The molecule has 11 nitrogen and oxygen atoms in total. The highest BCUT2D eigenvalue weighted by Gasteiger charge is 2.47. The maximum atomic E-state index is 12.9. The minimum absolute atomic E-state index is 0.275. The predicted molar refractivity (Wildman–Crippen MR) is 107 cm³/mol. The number of rotatable bonds is 5. The van der Waals surface area contributed by atoms with E-state index in [9.17, 15) is 35.4 Å². The summed E-state index contributed by atoms with van der Waals surface area (Å²) in [5.74, 6) is -0.664. The average Bonchev–Trinajstić information content (AvgIpc) is 2.72. The molecule has 0 radical (unpaired) electrons. The second kappa shape index (κ2) is 10.00. The Morgan fingerprint density at radius 2 is 1.66 bits per heavy atom. The molecule has 0 saturated carbocycles. The summed E-state index contributed by atoms with van der Waals surface area (Å²) in [6, 6.07) is 0. The van der Waals surface area contributed by atoms with Crippen molar-refractivity contribution in [3.8, 4) is 0 Å². The summed E-state index contributed by atoms with van der Waals surface area (Å²) in [6.45, 7) is 5.02. The lowest BCUT2D eigenvalue weighted by molar-refractivity contribution is -0.314. The highest BCUT2D eigenvalue weighted by atomic mass is 16.7. The van der Waals surface area contributed by atoms with E-state index >= 15 is 0 Å². The van der Waals surface area contributed by atoms with E-state index in [0.717, 1.165) is 24.8 Å². The highest BCUT2D eigenvalue weighted by molar-refractivity contribution is 5.91. The molecule has 2 fully saturated rings. The topological polar surface area (TPSA) is 175 Å². The largest absolute Gasteiger partial charge is 0.429 e. The van der Waals surface area contributed by atoms with Crippen molar-refractivity contribution in [1.29, 1.82) is 0 Å². The molecule has 3 aliphatic rings. The summed E-state index contributed by atoms with van der Waals surface area (Å²) in [5, 5.41) is 60.0. The zero-order valence-electron chi connectivity index (χ0n) is 18.5. The number of aliphatic hydroxyl groups is 6. The fourth-order valence-corrected chi connectivity index (χ4v) is 4.51. The lowest BCUT2D eigenvalue weighted by Gasteiger charge is -2.41. The summed E-state index contributed by atoms with van der Waals surface area (Å²) in [5.41, 5.74) is 0.972. The third kappa shape index (κ3) is 5.16. The molecule has 2 heterocycles. The van der Waals surface area contributed by atoms with Gasteiger partial charge < -0.3 is 49.6 Å². The van der Waals surface area contributed by atoms with Gasteiger partial charge in [0.2, 0.25) is 6.29 Å². The van der Waals surface area contributed by atoms with E-state index in [1.54, 1.807) is 0 Å². The number of allylic oxidation sites excluding steroid dienone is 1. The molecular weight excluding hydrogens is 428 g/mol. The van der Waals surface area contributed by atoms with Gasteiger partial charge in [-0.15, -0.1) is 0 Å². The van der Waals surface area contributed by atoms with Crippen molar-refractivity contribution in [2.24, 2.45) is 5.41 Å². The number of carbonyl (C=O) groups excluding carboxylic acids is 1. The molecule has 0 spiro atoms. The second-order valence-corrected chi connectivity index (χ2v) is 9.40. The molecule has 11 heteroatoms. The standard InChI is InChI=1S/C21H34O11/c1-9-5-4-6-21(2,3)12(9)18(28)32-20-17(27)15(25)14(24)11(31-20)8-30-19-16(26)13(23)10(22)7-29-19/h10-11,13-17,19-20,22-27H,4-8H2,1-3H3/t10-,11+,13+,14+,15-,16-,17+,19-,20-/m0/s1. The quantitative estimate of drug-likeness (QED) is 0.257. The van der Waals surface area contributed by atoms with Crippen LogP contribution < -0.4 is 0 Å². The Hall–Kier alpha value is -1.15. The SMILES string of the molecule is CC1=C(C(=O)O[C@@H]2O[C@H](CO[C@@H]3OC[C@H](O)[C@@H](O)[C@@H]3O)[C@@H](O)[C@H](O)[C@H]2O)C(C)(C)CCC1. The van der Waals surface area contributed by atoms with Crippen LogP contribution >= 0.6 is 0 Å². The lowest BCUT2D eigenvalue weighted by atomic mass is 9.73. The fourth-order valence-electron chi connectivity index (χ4n) is 4.51. The summed E-state index contributed by atoms with van der Waals surface area (Å²) in [4.78, 5) is 12.9. The molecule has 0 bridgehead atoms. The fraction of sp³-hybridized carbons (Fsp3) is 0.857. The van der Waals surface area contributed by atoms with Crippen LogP contribution in [0.1, 0.15) is 40.0 Å².